The molecule has 0 radical (unpaired) electrons. The third kappa shape index (κ3) is 3.49. The summed E-state index contributed by atoms with van der Waals surface area (Å²) in [5, 5.41) is 8.96. The molecule has 5 rings (SSSR count). The third-order valence-electron chi connectivity index (χ3n) is 6.31. The molecule has 7 nitrogen and oxygen atoms in total. The van der Waals surface area contributed by atoms with E-state index in [-0.39, 0.29) is 5.56 Å². The second-order valence-corrected chi connectivity index (χ2v) is 9.06. The van der Waals surface area contributed by atoms with E-state index in [4.69, 9.17) is 5.73 Å². The van der Waals surface area contributed by atoms with Crippen LogP contribution in [0.1, 0.15) is 31.2 Å². The first-order valence-electron chi connectivity index (χ1n) is 9.98. The molecule has 3 N–H and O–H groups in total. The van der Waals surface area contributed by atoms with Gasteiger partial charge in [-0.1, -0.05) is 11.3 Å². The number of imidazole rings is 1. The number of aromatic nitrogens is 4. The minimum atomic E-state index is -4.56. The number of halogens is 3. The van der Waals surface area contributed by atoms with Gasteiger partial charge in [-0.05, 0) is 50.3 Å². The summed E-state index contributed by atoms with van der Waals surface area (Å²) < 4.78 is 41.0. The maximum atomic E-state index is 13.1. The molecule has 2 aliphatic heterocycles. The number of piperidine rings is 2. The van der Waals surface area contributed by atoms with Crippen molar-refractivity contribution in [2.24, 2.45) is 5.41 Å². The number of nitrogens with two attached hydrogens (primary N) is 1. The van der Waals surface area contributed by atoms with Crippen molar-refractivity contribution in [3.05, 3.63) is 24.0 Å². The highest BCUT2D eigenvalue weighted by Gasteiger charge is 2.36. The van der Waals surface area contributed by atoms with Gasteiger partial charge < -0.3 is 16.0 Å². The number of pyridine rings is 1. The summed E-state index contributed by atoms with van der Waals surface area (Å²) >= 11 is 1.45. The topological polar surface area (TPSA) is 84.4 Å². The molecule has 0 unspecified atom stereocenters. The number of hydrogen-bond donors (Lipinski definition) is 2. The van der Waals surface area contributed by atoms with E-state index in [0.717, 1.165) is 37.4 Å². The molecule has 30 heavy (non-hydrogen) atoms. The molecule has 3 aromatic heterocycles. The van der Waals surface area contributed by atoms with Crippen LogP contribution in [0.2, 0.25) is 0 Å². The highest BCUT2D eigenvalue weighted by Crippen LogP contribution is 2.41. The Kier molecular flexibility index (Phi) is 4.62. The summed E-state index contributed by atoms with van der Waals surface area (Å²) in [6.45, 7) is 4.15. The maximum absolute atomic E-state index is 13.1. The fourth-order valence-electron chi connectivity index (χ4n) is 4.43. The quantitative estimate of drug-likeness (QED) is 0.639. The number of anilines is 2. The molecule has 3 aromatic rings. The van der Waals surface area contributed by atoms with Crippen LogP contribution >= 0.6 is 11.3 Å². The number of nitrogen functional groups attached to an aromatic ring is 1. The Hall–Kier alpha value is -2.40. The van der Waals surface area contributed by atoms with E-state index in [1.165, 1.54) is 43.2 Å². The van der Waals surface area contributed by atoms with Gasteiger partial charge in [-0.15, -0.1) is 5.10 Å². The predicted octanol–water partition coefficient (Wildman–Crippen LogP) is 3.42. The van der Waals surface area contributed by atoms with Gasteiger partial charge in [0.25, 0.3) is 0 Å². The smallest absolute Gasteiger partial charge is 0.383 e. The average molecular weight is 437 g/mol. The van der Waals surface area contributed by atoms with Crippen molar-refractivity contribution in [1.29, 1.82) is 0 Å². The first kappa shape index (κ1) is 19.6. The average Bonchev–Trinajstić information content (AvgIpc) is 3.28. The summed E-state index contributed by atoms with van der Waals surface area (Å²) in [4.78, 5) is 11.1. The normalized spacial score (nSPS) is 19.6. The third-order valence-corrected chi connectivity index (χ3v) is 7.29. The monoisotopic (exact) mass is 437 g/mol. The first-order valence-corrected chi connectivity index (χ1v) is 10.8. The number of hydrogen-bond acceptors (Lipinski definition) is 7. The predicted molar refractivity (Wildman–Crippen MR) is 109 cm³/mol. The molecule has 0 saturated carbocycles. The van der Waals surface area contributed by atoms with E-state index in [2.05, 4.69) is 25.3 Å². The second-order valence-electron chi connectivity index (χ2n) is 8.13. The van der Waals surface area contributed by atoms with Crippen LogP contribution in [0.15, 0.2) is 18.5 Å². The van der Waals surface area contributed by atoms with Crippen molar-refractivity contribution < 1.29 is 13.2 Å². The number of fused-ring (bicyclic) bond motifs is 1. The number of nitrogens with one attached hydrogen (secondary N) is 1. The Morgan fingerprint density at radius 3 is 2.53 bits per heavy atom. The largest absolute Gasteiger partial charge is 0.419 e. The van der Waals surface area contributed by atoms with Crippen molar-refractivity contribution in [3.8, 4) is 11.3 Å². The van der Waals surface area contributed by atoms with Gasteiger partial charge in [-0.2, -0.15) is 13.2 Å². The molecule has 11 heteroatoms. The van der Waals surface area contributed by atoms with Crippen LogP contribution in [0.5, 0.6) is 0 Å². The molecule has 0 amide bonds. The SMILES string of the molecule is Nc1ncc(-c2cn3nc(N4CCC5(CCNCC5)CC4)sc3n2)cc1C(F)(F)F. The number of alkyl halides is 3. The van der Waals surface area contributed by atoms with Crippen molar-refractivity contribution >= 4 is 27.2 Å². The lowest BCUT2D eigenvalue weighted by molar-refractivity contribution is -0.137. The minimum absolute atomic E-state index is 0.265. The molecule has 2 saturated heterocycles. The lowest BCUT2D eigenvalue weighted by atomic mass is 9.72. The van der Waals surface area contributed by atoms with Gasteiger partial charge in [-0.25, -0.2) is 14.5 Å². The zero-order valence-corrected chi connectivity index (χ0v) is 17.1. The molecule has 0 atom stereocenters. The van der Waals surface area contributed by atoms with E-state index in [0.29, 0.717) is 16.1 Å². The fraction of sp³-hybridized carbons (Fsp3) is 0.526. The minimum Gasteiger partial charge on any atom is -0.383 e. The maximum Gasteiger partial charge on any atom is 0.419 e. The van der Waals surface area contributed by atoms with Crippen LogP contribution in [0, 0.1) is 5.41 Å². The van der Waals surface area contributed by atoms with Crippen LogP contribution in [0.4, 0.5) is 24.1 Å². The highest BCUT2D eigenvalue weighted by molar-refractivity contribution is 7.20. The molecule has 1 spiro atoms. The Morgan fingerprint density at radius 1 is 1.13 bits per heavy atom. The molecule has 0 aliphatic carbocycles. The Labute approximate surface area is 175 Å². The number of rotatable bonds is 2. The van der Waals surface area contributed by atoms with E-state index in [9.17, 15) is 13.2 Å². The van der Waals surface area contributed by atoms with Crippen LogP contribution in [0.25, 0.3) is 16.2 Å². The van der Waals surface area contributed by atoms with E-state index >= 15 is 0 Å². The molecular formula is C19H22F3N7S. The van der Waals surface area contributed by atoms with Crippen LogP contribution < -0.4 is 16.0 Å². The van der Waals surface area contributed by atoms with Gasteiger partial charge >= 0.3 is 6.18 Å². The summed E-state index contributed by atoms with van der Waals surface area (Å²) in [7, 11) is 0. The Morgan fingerprint density at radius 2 is 1.87 bits per heavy atom. The molecule has 2 fully saturated rings. The van der Waals surface area contributed by atoms with Crippen molar-refractivity contribution in [2.45, 2.75) is 31.9 Å². The van der Waals surface area contributed by atoms with Gasteiger partial charge in [-0.3, -0.25) is 0 Å². The zero-order valence-electron chi connectivity index (χ0n) is 16.2. The van der Waals surface area contributed by atoms with E-state index in [1.54, 1.807) is 10.7 Å². The summed E-state index contributed by atoms with van der Waals surface area (Å²) in [6.07, 6.45) is 3.19. The van der Waals surface area contributed by atoms with E-state index < -0.39 is 17.6 Å². The van der Waals surface area contributed by atoms with Crippen molar-refractivity contribution in [3.63, 3.8) is 0 Å². The van der Waals surface area contributed by atoms with Crippen LogP contribution in [0.3, 0.4) is 0 Å². The van der Waals surface area contributed by atoms with Gasteiger partial charge in [0, 0.05) is 24.8 Å². The van der Waals surface area contributed by atoms with Gasteiger partial charge in [0.2, 0.25) is 10.1 Å². The Bertz CT molecular complexity index is 1030. The van der Waals surface area contributed by atoms with Gasteiger partial charge in [0.05, 0.1) is 17.5 Å². The van der Waals surface area contributed by atoms with Crippen molar-refractivity contribution in [2.75, 3.05) is 36.8 Å². The lowest BCUT2D eigenvalue weighted by Gasteiger charge is -2.44. The molecule has 0 bridgehead atoms. The number of nitrogens with zero attached hydrogens (tertiary/aromatic N) is 5. The summed E-state index contributed by atoms with van der Waals surface area (Å²) in [6, 6.07) is 0.985. The standard InChI is InChI=1S/C19H22F3N7S/c20-19(21,22)13-9-12(10-25-15(13)23)14-11-29-16(26-14)30-17(27-29)28-7-3-18(4-8-28)1-5-24-6-2-18/h9-11,24H,1-8H2,(H2,23,25). The molecular weight excluding hydrogens is 415 g/mol. The molecule has 5 heterocycles. The highest BCUT2D eigenvalue weighted by atomic mass is 32.1. The van der Waals surface area contributed by atoms with Crippen molar-refractivity contribution in [1.82, 2.24) is 24.9 Å². The molecule has 0 aromatic carbocycles. The van der Waals surface area contributed by atoms with Gasteiger partial charge in [0.15, 0.2) is 0 Å². The lowest BCUT2D eigenvalue weighted by Crippen LogP contribution is -2.45. The fourth-order valence-corrected chi connectivity index (χ4v) is 5.36. The summed E-state index contributed by atoms with van der Waals surface area (Å²) in [5.74, 6) is -0.538. The molecule has 2 aliphatic rings. The zero-order chi connectivity index (χ0) is 20.9. The van der Waals surface area contributed by atoms with E-state index in [1.807, 2.05) is 0 Å². The summed E-state index contributed by atoms with van der Waals surface area (Å²) in [5.41, 5.74) is 5.56. The Balaban J connectivity index is 1.35. The molecule has 160 valence electrons. The second kappa shape index (κ2) is 7.09. The first-order chi connectivity index (χ1) is 14.3. The van der Waals surface area contributed by atoms with Gasteiger partial charge in [0.1, 0.15) is 5.82 Å². The van der Waals surface area contributed by atoms with Crippen LogP contribution in [-0.4, -0.2) is 45.8 Å². The van der Waals surface area contributed by atoms with Crippen LogP contribution in [-0.2, 0) is 6.18 Å².